The van der Waals surface area contributed by atoms with Crippen LogP contribution in [0.5, 0.6) is 0 Å². The van der Waals surface area contributed by atoms with Gasteiger partial charge in [0.25, 0.3) is 0 Å². The zero-order valence-corrected chi connectivity index (χ0v) is 13.0. The number of rotatable bonds is 2. The van der Waals surface area contributed by atoms with Crippen molar-refractivity contribution >= 4 is 0 Å². The van der Waals surface area contributed by atoms with Crippen molar-refractivity contribution in [3.63, 3.8) is 0 Å². The van der Waals surface area contributed by atoms with Crippen LogP contribution in [0.4, 0.5) is 0 Å². The third-order valence-electron chi connectivity index (χ3n) is 6.39. The van der Waals surface area contributed by atoms with Gasteiger partial charge in [0.15, 0.2) is 0 Å². The minimum Gasteiger partial charge on any atom is -0.284 e. The fourth-order valence-corrected chi connectivity index (χ4v) is 5.20. The van der Waals surface area contributed by atoms with Crippen LogP contribution in [0.25, 0.3) is 0 Å². The van der Waals surface area contributed by atoms with Gasteiger partial charge in [0.2, 0.25) is 0 Å². The zero-order valence-electron chi connectivity index (χ0n) is 13.0. The minimum atomic E-state index is 0.420. The summed E-state index contributed by atoms with van der Waals surface area (Å²) < 4.78 is 0. The van der Waals surface area contributed by atoms with E-state index in [4.69, 9.17) is 0 Å². The summed E-state index contributed by atoms with van der Waals surface area (Å²) >= 11 is 0. The molecular weight excluding hydrogens is 262 g/mol. The highest BCUT2D eigenvalue weighted by molar-refractivity contribution is 4.93. The lowest BCUT2D eigenvalue weighted by Gasteiger charge is -2.48. The second-order valence-electron chi connectivity index (χ2n) is 7.59. The van der Waals surface area contributed by atoms with E-state index in [1.807, 2.05) is 0 Å². The first-order valence-corrected chi connectivity index (χ1v) is 9.14. The second kappa shape index (κ2) is 6.50. The van der Waals surface area contributed by atoms with Gasteiger partial charge in [0.05, 0.1) is 12.3 Å². The molecule has 2 saturated heterocycles. The van der Waals surface area contributed by atoms with Crippen LogP contribution >= 0.6 is 0 Å². The summed E-state index contributed by atoms with van der Waals surface area (Å²) in [6, 6.07) is 0. The van der Waals surface area contributed by atoms with Gasteiger partial charge in [-0.1, -0.05) is 25.7 Å². The fourth-order valence-electron chi connectivity index (χ4n) is 5.20. The van der Waals surface area contributed by atoms with Gasteiger partial charge in [-0.2, -0.15) is 0 Å². The van der Waals surface area contributed by atoms with E-state index in [2.05, 4.69) is 27.0 Å². The summed E-state index contributed by atoms with van der Waals surface area (Å²) in [5.74, 6) is 3.31. The first-order valence-electron chi connectivity index (χ1n) is 9.14. The maximum absolute atomic E-state index is 3.91. The Morgan fingerprint density at radius 3 is 1.62 bits per heavy atom. The number of hydrogen-bond acceptors (Lipinski definition) is 5. The van der Waals surface area contributed by atoms with Crippen LogP contribution < -0.4 is 27.0 Å². The van der Waals surface area contributed by atoms with Gasteiger partial charge in [-0.3, -0.25) is 16.2 Å². The highest BCUT2D eigenvalue weighted by Gasteiger charge is 2.40. The molecule has 0 aromatic rings. The largest absolute Gasteiger partial charge is 0.284 e. The van der Waals surface area contributed by atoms with Crippen molar-refractivity contribution in [3.8, 4) is 0 Å². The third-order valence-corrected chi connectivity index (χ3v) is 6.39. The molecule has 6 atom stereocenters. The van der Waals surface area contributed by atoms with E-state index in [9.17, 15) is 0 Å². The SMILES string of the molecule is C1CCC2C(C1)CNNC2NC1NNCC2CCCCC21. The molecular formula is C16H31N5. The summed E-state index contributed by atoms with van der Waals surface area (Å²) in [7, 11) is 0. The van der Waals surface area contributed by atoms with Gasteiger partial charge < -0.3 is 0 Å². The Morgan fingerprint density at radius 2 is 1.10 bits per heavy atom. The quantitative estimate of drug-likeness (QED) is 0.527. The predicted molar refractivity (Wildman–Crippen MR) is 83.9 cm³/mol. The Balaban J connectivity index is 1.41. The van der Waals surface area contributed by atoms with Crippen molar-refractivity contribution in [3.05, 3.63) is 0 Å². The van der Waals surface area contributed by atoms with E-state index >= 15 is 0 Å². The van der Waals surface area contributed by atoms with Crippen LogP contribution in [0.1, 0.15) is 51.4 Å². The van der Waals surface area contributed by atoms with Gasteiger partial charge in [0.1, 0.15) is 0 Å². The van der Waals surface area contributed by atoms with Crippen molar-refractivity contribution in [1.29, 1.82) is 0 Å². The summed E-state index contributed by atoms with van der Waals surface area (Å²) in [6.07, 6.45) is 12.1. The summed E-state index contributed by atoms with van der Waals surface area (Å²) in [4.78, 5) is 0. The molecule has 0 amide bonds. The highest BCUT2D eigenvalue weighted by Crippen LogP contribution is 2.35. The van der Waals surface area contributed by atoms with Crippen LogP contribution in [-0.4, -0.2) is 25.4 Å². The lowest BCUT2D eigenvalue weighted by atomic mass is 9.74. The Bertz CT molecular complexity index is 314. The van der Waals surface area contributed by atoms with Crippen LogP contribution in [0.3, 0.4) is 0 Å². The van der Waals surface area contributed by atoms with Gasteiger partial charge in [0, 0.05) is 13.1 Å². The number of fused-ring (bicyclic) bond motifs is 2. The zero-order chi connectivity index (χ0) is 14.1. The van der Waals surface area contributed by atoms with Gasteiger partial charge >= 0.3 is 0 Å². The van der Waals surface area contributed by atoms with Gasteiger partial charge in [-0.25, -0.2) is 10.9 Å². The van der Waals surface area contributed by atoms with Crippen LogP contribution in [0.15, 0.2) is 0 Å². The molecule has 0 aromatic carbocycles. The molecule has 0 radical (unpaired) electrons. The molecule has 21 heavy (non-hydrogen) atoms. The molecule has 5 nitrogen and oxygen atoms in total. The van der Waals surface area contributed by atoms with Crippen molar-refractivity contribution < 1.29 is 0 Å². The smallest absolute Gasteiger partial charge is 0.0747 e. The van der Waals surface area contributed by atoms with E-state index in [1.54, 1.807) is 0 Å². The molecule has 2 aliphatic carbocycles. The minimum absolute atomic E-state index is 0.420. The average molecular weight is 293 g/mol. The number of nitrogens with one attached hydrogen (secondary N) is 5. The van der Waals surface area contributed by atoms with Gasteiger partial charge in [-0.05, 0) is 49.4 Å². The highest BCUT2D eigenvalue weighted by atomic mass is 15.5. The summed E-state index contributed by atoms with van der Waals surface area (Å²) in [6.45, 7) is 2.29. The number of hydrazine groups is 2. The van der Waals surface area contributed by atoms with Crippen LogP contribution in [0, 0.1) is 23.7 Å². The lowest BCUT2D eigenvalue weighted by molar-refractivity contribution is 0.0416. The predicted octanol–water partition coefficient (Wildman–Crippen LogP) is 1.06. The van der Waals surface area contributed by atoms with E-state index < -0.39 is 0 Å². The van der Waals surface area contributed by atoms with Crippen LogP contribution in [0.2, 0.25) is 0 Å². The van der Waals surface area contributed by atoms with Crippen molar-refractivity contribution in [2.24, 2.45) is 23.7 Å². The molecule has 0 spiro atoms. The standard InChI is InChI=1S/C16H31N5/c1-3-7-13-11(5-1)9-17-20-15(13)19-16-14-8-4-2-6-12(14)10-18-21-16/h11-21H,1-10H2. The lowest BCUT2D eigenvalue weighted by Crippen LogP contribution is -2.70. The Hall–Kier alpha value is -0.200. The maximum Gasteiger partial charge on any atom is 0.0747 e. The normalized spacial score (nSPS) is 47.4. The third kappa shape index (κ3) is 2.99. The van der Waals surface area contributed by atoms with Crippen molar-refractivity contribution in [2.45, 2.75) is 63.7 Å². The Morgan fingerprint density at radius 1 is 0.619 bits per heavy atom. The van der Waals surface area contributed by atoms with E-state index in [-0.39, 0.29) is 0 Å². The molecule has 120 valence electrons. The van der Waals surface area contributed by atoms with E-state index in [0.29, 0.717) is 12.3 Å². The monoisotopic (exact) mass is 293 g/mol. The first kappa shape index (κ1) is 14.4. The van der Waals surface area contributed by atoms with Crippen LogP contribution in [-0.2, 0) is 0 Å². The topological polar surface area (TPSA) is 60.1 Å². The van der Waals surface area contributed by atoms with Crippen molar-refractivity contribution in [2.75, 3.05) is 13.1 Å². The molecule has 2 saturated carbocycles. The molecule has 2 heterocycles. The Kier molecular flexibility index (Phi) is 4.46. The molecule has 5 heteroatoms. The fraction of sp³-hybridized carbons (Fsp3) is 1.00. The molecule has 4 rings (SSSR count). The summed E-state index contributed by atoms with van der Waals surface area (Å²) in [5, 5.41) is 3.91. The maximum atomic E-state index is 3.91. The molecule has 0 bridgehead atoms. The second-order valence-corrected chi connectivity index (χ2v) is 7.59. The first-order chi connectivity index (χ1) is 10.4. The molecule has 2 aliphatic heterocycles. The van der Waals surface area contributed by atoms with Gasteiger partial charge in [-0.15, -0.1) is 0 Å². The molecule has 0 aromatic heterocycles. The van der Waals surface area contributed by atoms with E-state index in [0.717, 1.165) is 36.8 Å². The molecule has 6 unspecified atom stereocenters. The van der Waals surface area contributed by atoms with Crippen molar-refractivity contribution in [1.82, 2.24) is 27.0 Å². The molecule has 4 aliphatic rings. The number of hydrogen-bond donors (Lipinski definition) is 5. The Labute approximate surface area is 128 Å². The summed E-state index contributed by atoms with van der Waals surface area (Å²) in [5.41, 5.74) is 13.9. The average Bonchev–Trinajstić information content (AvgIpc) is 2.56. The molecule has 4 fully saturated rings. The van der Waals surface area contributed by atoms with E-state index in [1.165, 1.54) is 51.4 Å². The molecule has 5 N–H and O–H groups in total.